The summed E-state index contributed by atoms with van der Waals surface area (Å²) in [7, 11) is 0. The molecule has 3 aromatic rings. The van der Waals surface area contributed by atoms with Crippen LogP contribution in [0.5, 0.6) is 0 Å². The molecular weight excluding hydrogens is 350 g/mol. The van der Waals surface area contributed by atoms with Crippen molar-refractivity contribution in [2.24, 2.45) is 0 Å². The molecule has 0 spiro atoms. The van der Waals surface area contributed by atoms with E-state index < -0.39 is 12.0 Å². The maximum atomic E-state index is 13.1. The third-order valence-corrected chi connectivity index (χ3v) is 4.76. The number of rotatable bonds is 3. The summed E-state index contributed by atoms with van der Waals surface area (Å²) in [4.78, 5) is 0. The minimum absolute atomic E-state index is 0.0364. The summed E-state index contributed by atoms with van der Waals surface area (Å²) < 4.78 is 53.0. The van der Waals surface area contributed by atoms with Crippen LogP contribution in [0.3, 0.4) is 0 Å². The van der Waals surface area contributed by atoms with Crippen LogP contribution in [0.4, 0.5) is 23.4 Å². The van der Waals surface area contributed by atoms with Gasteiger partial charge in [0.05, 0.1) is 0 Å². The van der Waals surface area contributed by atoms with Crippen molar-refractivity contribution in [2.75, 3.05) is 5.32 Å². The molecule has 1 saturated carbocycles. The van der Waals surface area contributed by atoms with Crippen molar-refractivity contribution >= 4 is 11.5 Å². The molecule has 0 unspecified atom stereocenters. The van der Waals surface area contributed by atoms with E-state index in [4.69, 9.17) is 0 Å². The van der Waals surface area contributed by atoms with Gasteiger partial charge in [0, 0.05) is 17.5 Å². The summed E-state index contributed by atoms with van der Waals surface area (Å²) in [6.07, 6.45) is -3.83. The standard InChI is InChI=1S/C17H15F4N5/c1-8-9(2)15-23-24-16(17(19,20)21)26(15)25-14(8)22-13-7-12(13)10-3-5-11(18)6-4-10/h3-6,12-13H,7H2,1-2H3,(H,22,25)/t12-,13+/m0/s1. The number of aromatic nitrogens is 4. The quantitative estimate of drug-likeness (QED) is 0.716. The van der Waals surface area contributed by atoms with Crippen molar-refractivity contribution in [1.82, 2.24) is 19.8 Å². The highest BCUT2D eigenvalue weighted by Crippen LogP contribution is 2.43. The molecule has 2 heterocycles. The van der Waals surface area contributed by atoms with Gasteiger partial charge in [0.25, 0.3) is 5.82 Å². The largest absolute Gasteiger partial charge is 0.453 e. The van der Waals surface area contributed by atoms with Gasteiger partial charge in [0.2, 0.25) is 0 Å². The Balaban J connectivity index is 1.65. The van der Waals surface area contributed by atoms with E-state index in [0.29, 0.717) is 11.4 Å². The van der Waals surface area contributed by atoms with Crippen LogP contribution >= 0.6 is 0 Å². The molecule has 0 bridgehead atoms. The third kappa shape index (κ3) is 2.77. The molecule has 0 saturated heterocycles. The number of hydrogen-bond donors (Lipinski definition) is 1. The number of fused-ring (bicyclic) bond motifs is 1. The minimum atomic E-state index is -4.64. The number of anilines is 1. The Labute approximate surface area is 146 Å². The lowest BCUT2D eigenvalue weighted by atomic mass is 10.1. The fourth-order valence-electron chi connectivity index (χ4n) is 3.05. The van der Waals surface area contributed by atoms with Gasteiger partial charge in [-0.3, -0.25) is 0 Å². The Hall–Kier alpha value is -2.71. The Morgan fingerprint density at radius 2 is 1.77 bits per heavy atom. The van der Waals surface area contributed by atoms with Crippen LogP contribution in [0.1, 0.15) is 34.9 Å². The average molecular weight is 365 g/mol. The second kappa shape index (κ2) is 5.65. The fraction of sp³-hybridized carbons (Fsp3) is 0.353. The maximum absolute atomic E-state index is 13.1. The van der Waals surface area contributed by atoms with Crippen LogP contribution in [0.2, 0.25) is 0 Å². The van der Waals surface area contributed by atoms with Crippen molar-refractivity contribution in [1.29, 1.82) is 0 Å². The summed E-state index contributed by atoms with van der Waals surface area (Å²) in [5.74, 6) is -0.903. The predicted molar refractivity (Wildman–Crippen MR) is 86.4 cm³/mol. The van der Waals surface area contributed by atoms with Crippen molar-refractivity contribution in [2.45, 2.75) is 38.4 Å². The molecule has 1 aliphatic rings. The van der Waals surface area contributed by atoms with Gasteiger partial charge in [-0.05, 0) is 43.5 Å². The lowest BCUT2D eigenvalue weighted by Gasteiger charge is -2.12. The van der Waals surface area contributed by atoms with Crippen LogP contribution in [-0.2, 0) is 6.18 Å². The highest BCUT2D eigenvalue weighted by molar-refractivity contribution is 5.59. The zero-order valence-electron chi connectivity index (χ0n) is 14.0. The number of hydrogen-bond acceptors (Lipinski definition) is 4. The lowest BCUT2D eigenvalue weighted by Crippen LogP contribution is -2.16. The van der Waals surface area contributed by atoms with E-state index in [9.17, 15) is 17.6 Å². The van der Waals surface area contributed by atoms with Crippen molar-refractivity contribution < 1.29 is 17.6 Å². The Morgan fingerprint density at radius 3 is 2.42 bits per heavy atom. The lowest BCUT2D eigenvalue weighted by molar-refractivity contribution is -0.146. The van der Waals surface area contributed by atoms with Gasteiger partial charge in [-0.1, -0.05) is 12.1 Å². The maximum Gasteiger partial charge on any atom is 0.453 e. The molecule has 1 fully saturated rings. The number of alkyl halides is 3. The van der Waals surface area contributed by atoms with Crippen LogP contribution < -0.4 is 5.32 Å². The van der Waals surface area contributed by atoms with E-state index in [2.05, 4.69) is 20.6 Å². The zero-order chi connectivity index (χ0) is 18.6. The monoisotopic (exact) mass is 365 g/mol. The average Bonchev–Trinajstić information content (AvgIpc) is 3.19. The summed E-state index contributed by atoms with van der Waals surface area (Å²) in [6, 6.07) is 6.28. The molecule has 9 heteroatoms. The van der Waals surface area contributed by atoms with E-state index in [1.165, 1.54) is 12.1 Å². The SMILES string of the molecule is Cc1c(N[C@@H]2C[C@H]2c2ccc(F)cc2)nn2c(C(F)(F)F)nnc2c1C. The van der Waals surface area contributed by atoms with Gasteiger partial charge in [-0.2, -0.15) is 17.7 Å². The summed E-state index contributed by atoms with van der Waals surface area (Å²) in [6.45, 7) is 3.47. The first-order valence-corrected chi connectivity index (χ1v) is 8.07. The molecule has 1 aliphatic carbocycles. The summed E-state index contributed by atoms with van der Waals surface area (Å²) in [5.41, 5.74) is 2.39. The molecule has 4 rings (SSSR count). The first kappa shape index (κ1) is 16.7. The van der Waals surface area contributed by atoms with Crippen LogP contribution in [0.25, 0.3) is 5.65 Å². The normalized spacial score (nSPS) is 19.8. The molecule has 2 aromatic heterocycles. The van der Waals surface area contributed by atoms with E-state index >= 15 is 0 Å². The van der Waals surface area contributed by atoms with Gasteiger partial charge in [0.1, 0.15) is 5.82 Å². The predicted octanol–water partition coefficient (Wildman–Crippen LogP) is 3.87. The zero-order valence-corrected chi connectivity index (χ0v) is 14.0. The van der Waals surface area contributed by atoms with Gasteiger partial charge in [-0.25, -0.2) is 4.39 Å². The summed E-state index contributed by atoms with van der Waals surface area (Å²) >= 11 is 0. The smallest absolute Gasteiger partial charge is 0.365 e. The molecule has 0 aliphatic heterocycles. The van der Waals surface area contributed by atoms with Gasteiger partial charge in [-0.15, -0.1) is 15.3 Å². The molecule has 26 heavy (non-hydrogen) atoms. The Bertz CT molecular complexity index is 977. The molecule has 1 aromatic carbocycles. The second-order valence-corrected chi connectivity index (χ2v) is 6.50. The minimum Gasteiger partial charge on any atom is -0.365 e. The van der Waals surface area contributed by atoms with E-state index in [1.807, 2.05) is 0 Å². The van der Waals surface area contributed by atoms with Gasteiger partial charge < -0.3 is 5.32 Å². The topological polar surface area (TPSA) is 55.1 Å². The highest BCUT2D eigenvalue weighted by Gasteiger charge is 2.40. The third-order valence-electron chi connectivity index (χ3n) is 4.76. The number of nitrogens with zero attached hydrogens (tertiary/aromatic N) is 4. The van der Waals surface area contributed by atoms with Crippen LogP contribution in [0.15, 0.2) is 24.3 Å². The first-order chi connectivity index (χ1) is 12.3. The molecule has 136 valence electrons. The van der Waals surface area contributed by atoms with E-state index in [1.54, 1.807) is 26.0 Å². The summed E-state index contributed by atoms with van der Waals surface area (Å²) in [5, 5.41) is 14.1. The number of nitrogens with one attached hydrogen (secondary N) is 1. The fourth-order valence-corrected chi connectivity index (χ4v) is 3.05. The molecule has 0 amide bonds. The Kier molecular flexibility index (Phi) is 3.64. The number of benzene rings is 1. The van der Waals surface area contributed by atoms with E-state index in [-0.39, 0.29) is 23.4 Å². The molecule has 0 radical (unpaired) electrons. The number of aryl methyl sites for hydroxylation is 1. The molecule has 2 atom stereocenters. The molecule has 5 nitrogen and oxygen atoms in total. The molecule has 1 N–H and O–H groups in total. The first-order valence-electron chi connectivity index (χ1n) is 8.07. The number of halogens is 4. The highest BCUT2D eigenvalue weighted by atomic mass is 19.4. The Morgan fingerprint density at radius 1 is 1.08 bits per heavy atom. The molecular formula is C17H15F4N5. The van der Waals surface area contributed by atoms with E-state index in [0.717, 1.165) is 22.1 Å². The van der Waals surface area contributed by atoms with Gasteiger partial charge >= 0.3 is 6.18 Å². The van der Waals surface area contributed by atoms with Crippen molar-refractivity contribution in [3.63, 3.8) is 0 Å². The van der Waals surface area contributed by atoms with Crippen LogP contribution in [0, 0.1) is 19.7 Å². The second-order valence-electron chi connectivity index (χ2n) is 6.50. The van der Waals surface area contributed by atoms with Gasteiger partial charge in [0.15, 0.2) is 11.5 Å². The van der Waals surface area contributed by atoms with Crippen LogP contribution in [-0.4, -0.2) is 25.9 Å². The van der Waals surface area contributed by atoms with Crippen molar-refractivity contribution in [3.05, 3.63) is 52.6 Å². The van der Waals surface area contributed by atoms with Crippen molar-refractivity contribution in [3.8, 4) is 0 Å².